The number of carbonyl (C=O) groups is 2. The second-order valence-corrected chi connectivity index (χ2v) is 10.4. The van der Waals surface area contributed by atoms with Gasteiger partial charge in [0.1, 0.15) is 18.1 Å². The molecular weight excluding hydrogens is 518 g/mol. The third-order valence-electron chi connectivity index (χ3n) is 7.74. The summed E-state index contributed by atoms with van der Waals surface area (Å²) in [6, 6.07) is 22.1. The smallest absolute Gasteiger partial charge is 0.247 e. The molecule has 1 aliphatic rings. The monoisotopic (exact) mass is 555 g/mol. The van der Waals surface area contributed by atoms with Crippen LogP contribution in [0.4, 0.5) is 0 Å². The molecule has 1 heterocycles. The topological polar surface area (TPSA) is 98.6 Å². The highest BCUT2D eigenvalue weighted by Crippen LogP contribution is 2.29. The van der Waals surface area contributed by atoms with Crippen LogP contribution in [0.2, 0.25) is 0 Å². The highest BCUT2D eigenvalue weighted by atomic mass is 16.5. The van der Waals surface area contributed by atoms with Gasteiger partial charge in [-0.2, -0.15) is 0 Å². The Morgan fingerprint density at radius 2 is 1.68 bits per heavy atom. The number of amides is 2. The number of methoxy groups -OCH3 is 2. The lowest BCUT2D eigenvalue weighted by molar-refractivity contribution is -0.141. The van der Waals surface area contributed by atoms with Crippen LogP contribution in [0.1, 0.15) is 49.3 Å². The molecule has 1 aromatic heterocycles. The minimum absolute atomic E-state index is 0.0352. The summed E-state index contributed by atoms with van der Waals surface area (Å²) in [5, 5.41) is 11.7. The fourth-order valence-corrected chi connectivity index (χ4v) is 5.57. The van der Waals surface area contributed by atoms with E-state index >= 15 is 0 Å². The van der Waals surface area contributed by atoms with Crippen LogP contribution in [-0.4, -0.2) is 58.5 Å². The van der Waals surface area contributed by atoms with Crippen molar-refractivity contribution in [3.63, 3.8) is 0 Å². The number of nitrogens with one attached hydrogen (secondary N) is 1. The lowest BCUT2D eigenvalue weighted by Crippen LogP contribution is -2.48. The molecule has 9 nitrogen and oxygen atoms in total. The van der Waals surface area contributed by atoms with Gasteiger partial charge in [0.2, 0.25) is 11.8 Å². The van der Waals surface area contributed by atoms with Gasteiger partial charge >= 0.3 is 0 Å². The van der Waals surface area contributed by atoms with Gasteiger partial charge < -0.3 is 19.7 Å². The summed E-state index contributed by atoms with van der Waals surface area (Å²) in [6.07, 6.45) is 5.82. The van der Waals surface area contributed by atoms with Crippen LogP contribution < -0.4 is 14.8 Å². The third kappa shape index (κ3) is 6.67. The fraction of sp³-hybridized carbons (Fsp3) is 0.375. The van der Waals surface area contributed by atoms with Crippen LogP contribution in [0.25, 0.3) is 11.0 Å². The third-order valence-corrected chi connectivity index (χ3v) is 7.74. The molecule has 4 aromatic rings. The van der Waals surface area contributed by atoms with Gasteiger partial charge in [-0.25, -0.2) is 4.68 Å². The van der Waals surface area contributed by atoms with Crippen LogP contribution in [0.5, 0.6) is 11.5 Å². The van der Waals surface area contributed by atoms with E-state index in [9.17, 15) is 9.59 Å². The average molecular weight is 556 g/mol. The normalized spacial score (nSPS) is 14.4. The molecular formula is C32H37N5O4. The number of benzene rings is 3. The standard InChI is InChI=1S/C32H37N5O4/c1-40-28-18-17-23(21-29(28)41-2)19-20-36(30(38)22-37-27-16-10-9-15-26(27)34-35-37)31(24-11-5-3-6-12-24)32(39)33-25-13-7-4-8-14-25/h3,5-6,9-12,15-18,21,25,31H,4,7-8,13-14,19-20,22H2,1-2H3,(H,33,39). The number of ether oxygens (including phenoxy) is 2. The van der Waals surface area contributed by atoms with Gasteiger partial charge in [0.05, 0.1) is 19.7 Å². The predicted molar refractivity (Wildman–Crippen MR) is 157 cm³/mol. The summed E-state index contributed by atoms with van der Waals surface area (Å²) in [4.78, 5) is 29.8. The zero-order valence-corrected chi connectivity index (χ0v) is 23.7. The second kappa shape index (κ2) is 13.3. The molecule has 0 bridgehead atoms. The molecule has 0 aliphatic heterocycles. The Labute approximate surface area is 240 Å². The maximum Gasteiger partial charge on any atom is 0.247 e. The number of nitrogens with zero attached hydrogens (tertiary/aromatic N) is 4. The highest BCUT2D eigenvalue weighted by Gasteiger charge is 2.33. The van der Waals surface area contributed by atoms with Crippen molar-refractivity contribution < 1.29 is 19.1 Å². The zero-order chi connectivity index (χ0) is 28.6. The number of aromatic nitrogens is 3. The van der Waals surface area contributed by atoms with Crippen molar-refractivity contribution in [3.8, 4) is 11.5 Å². The van der Waals surface area contributed by atoms with E-state index in [4.69, 9.17) is 9.47 Å². The van der Waals surface area contributed by atoms with Gasteiger partial charge in [0.15, 0.2) is 11.5 Å². The van der Waals surface area contributed by atoms with Crippen LogP contribution >= 0.6 is 0 Å². The van der Waals surface area contributed by atoms with Crippen molar-refractivity contribution >= 4 is 22.8 Å². The van der Waals surface area contributed by atoms with Crippen LogP contribution in [-0.2, 0) is 22.6 Å². The Morgan fingerprint density at radius 1 is 0.951 bits per heavy atom. The summed E-state index contributed by atoms with van der Waals surface area (Å²) in [5.74, 6) is 0.879. The highest BCUT2D eigenvalue weighted by molar-refractivity contribution is 5.89. The van der Waals surface area contributed by atoms with Gasteiger partial charge in [-0.3, -0.25) is 9.59 Å². The Hall–Kier alpha value is -4.40. The minimum Gasteiger partial charge on any atom is -0.493 e. The molecule has 2 amide bonds. The molecule has 9 heteroatoms. The molecule has 1 saturated carbocycles. The second-order valence-electron chi connectivity index (χ2n) is 10.4. The van der Waals surface area contributed by atoms with Gasteiger partial charge in [0, 0.05) is 12.6 Å². The van der Waals surface area contributed by atoms with Crippen molar-refractivity contribution in [3.05, 3.63) is 83.9 Å². The molecule has 0 spiro atoms. The molecule has 0 radical (unpaired) electrons. The van der Waals surface area contributed by atoms with Crippen molar-refractivity contribution in [2.45, 2.75) is 57.2 Å². The zero-order valence-electron chi connectivity index (χ0n) is 23.7. The molecule has 214 valence electrons. The molecule has 1 fully saturated rings. The van der Waals surface area contributed by atoms with Gasteiger partial charge in [0.25, 0.3) is 0 Å². The Morgan fingerprint density at radius 3 is 2.44 bits per heavy atom. The van der Waals surface area contributed by atoms with Crippen molar-refractivity contribution in [2.24, 2.45) is 0 Å². The van der Waals surface area contributed by atoms with E-state index in [1.54, 1.807) is 23.8 Å². The molecule has 1 aliphatic carbocycles. The predicted octanol–water partition coefficient (Wildman–Crippen LogP) is 4.71. The van der Waals surface area contributed by atoms with E-state index in [0.29, 0.717) is 30.0 Å². The molecule has 3 aromatic carbocycles. The Balaban J connectivity index is 1.47. The molecule has 1 N–H and O–H groups in total. The van der Waals surface area contributed by atoms with Crippen LogP contribution in [0, 0.1) is 0 Å². The number of para-hydroxylation sites is 1. The first-order valence-corrected chi connectivity index (χ1v) is 14.2. The van der Waals surface area contributed by atoms with E-state index in [2.05, 4.69) is 15.6 Å². The van der Waals surface area contributed by atoms with Gasteiger partial charge in [-0.15, -0.1) is 5.10 Å². The fourth-order valence-electron chi connectivity index (χ4n) is 5.57. The summed E-state index contributed by atoms with van der Waals surface area (Å²) >= 11 is 0. The SMILES string of the molecule is COc1ccc(CCN(C(=O)Cn2nnc3ccccc32)C(C(=O)NC2CCCCC2)c2ccccc2)cc1OC. The lowest BCUT2D eigenvalue weighted by atomic mass is 9.94. The van der Waals surface area contributed by atoms with E-state index in [1.165, 1.54) is 6.42 Å². The van der Waals surface area contributed by atoms with E-state index < -0.39 is 6.04 Å². The average Bonchev–Trinajstić information content (AvgIpc) is 3.42. The summed E-state index contributed by atoms with van der Waals surface area (Å²) < 4.78 is 12.5. The molecule has 41 heavy (non-hydrogen) atoms. The van der Waals surface area contributed by atoms with Crippen molar-refractivity contribution in [1.29, 1.82) is 0 Å². The summed E-state index contributed by atoms with van der Waals surface area (Å²) in [5.41, 5.74) is 3.21. The maximum atomic E-state index is 14.1. The minimum atomic E-state index is -0.791. The van der Waals surface area contributed by atoms with E-state index in [-0.39, 0.29) is 24.4 Å². The first-order chi connectivity index (χ1) is 20.1. The molecule has 1 atom stereocenters. The van der Waals surface area contributed by atoms with Crippen LogP contribution in [0.15, 0.2) is 72.8 Å². The van der Waals surface area contributed by atoms with E-state index in [1.807, 2.05) is 72.8 Å². The summed E-state index contributed by atoms with van der Waals surface area (Å²) in [6.45, 7) is 0.283. The molecule has 0 saturated heterocycles. The Bertz CT molecular complexity index is 1470. The van der Waals surface area contributed by atoms with Gasteiger partial charge in [-0.1, -0.05) is 73.0 Å². The molecule has 1 unspecified atom stereocenters. The first-order valence-electron chi connectivity index (χ1n) is 14.2. The maximum absolute atomic E-state index is 14.1. The van der Waals surface area contributed by atoms with Crippen LogP contribution in [0.3, 0.4) is 0 Å². The van der Waals surface area contributed by atoms with Crippen molar-refractivity contribution in [1.82, 2.24) is 25.2 Å². The number of fused-ring (bicyclic) bond motifs is 1. The number of hydrogen-bond acceptors (Lipinski definition) is 6. The first kappa shape index (κ1) is 28.1. The lowest BCUT2D eigenvalue weighted by Gasteiger charge is -2.33. The van der Waals surface area contributed by atoms with E-state index in [0.717, 1.165) is 42.3 Å². The number of hydrogen-bond donors (Lipinski definition) is 1. The quantitative estimate of drug-likeness (QED) is 0.288. The Kier molecular flexibility index (Phi) is 9.13. The van der Waals surface area contributed by atoms with Gasteiger partial charge in [-0.05, 0) is 54.7 Å². The molecule has 5 rings (SSSR count). The van der Waals surface area contributed by atoms with Crippen molar-refractivity contribution in [2.75, 3.05) is 20.8 Å². The number of rotatable bonds is 11. The summed E-state index contributed by atoms with van der Waals surface area (Å²) in [7, 11) is 3.20. The largest absolute Gasteiger partial charge is 0.493 e. The number of carbonyl (C=O) groups excluding carboxylic acids is 2.